The van der Waals surface area contributed by atoms with Crippen molar-refractivity contribution in [2.24, 2.45) is 0 Å². The highest BCUT2D eigenvalue weighted by Gasteiger charge is 2.24. The Morgan fingerprint density at radius 3 is 2.30 bits per heavy atom. The minimum Gasteiger partial charge on any atom is -0.497 e. The Kier molecular flexibility index (Phi) is 9.59. The highest BCUT2D eigenvalue weighted by molar-refractivity contribution is 5.87. The summed E-state index contributed by atoms with van der Waals surface area (Å²) in [5, 5.41) is 4.22. The number of methoxy groups -OCH3 is 2. The van der Waals surface area contributed by atoms with Crippen LogP contribution < -0.4 is 19.5 Å². The Morgan fingerprint density at radius 1 is 0.783 bits per heavy atom. The normalized spacial score (nSPS) is 11.6. The Balaban J connectivity index is 1.36. The molecule has 2 aromatic heterocycles. The lowest BCUT2D eigenvalue weighted by Gasteiger charge is -2.20. The second-order valence-corrected chi connectivity index (χ2v) is 11.2. The monoisotopic (exact) mass is 611 g/mol. The van der Waals surface area contributed by atoms with Crippen LogP contribution in [0.25, 0.3) is 10.9 Å². The standard InChI is InChI=1S/C39H37N3O4/c1-44-32-15-12-29(13-16-32)25-42-26-35(33-10-6-7-11-36(33)42)34(23-39(43)41-24-28-18-20-40-21-19-28)31-14-17-37(45-2)38(22-31)46-27-30-8-4-3-5-9-30/h3-22,26,34H,23-25,27H2,1-2H3,(H,41,43)/t34-/m0/s1. The van der Waals surface area contributed by atoms with Crippen molar-refractivity contribution in [2.45, 2.75) is 32.0 Å². The highest BCUT2D eigenvalue weighted by atomic mass is 16.5. The van der Waals surface area contributed by atoms with Crippen molar-refractivity contribution >= 4 is 16.8 Å². The predicted octanol–water partition coefficient (Wildman–Crippen LogP) is 7.52. The van der Waals surface area contributed by atoms with Crippen molar-refractivity contribution in [3.63, 3.8) is 0 Å². The molecule has 0 saturated carbocycles. The zero-order valence-corrected chi connectivity index (χ0v) is 26.1. The van der Waals surface area contributed by atoms with E-state index >= 15 is 0 Å². The van der Waals surface area contributed by atoms with E-state index in [0.717, 1.165) is 44.5 Å². The van der Waals surface area contributed by atoms with E-state index in [2.05, 4.69) is 51.4 Å². The molecule has 232 valence electrons. The average molecular weight is 612 g/mol. The first-order valence-electron chi connectivity index (χ1n) is 15.3. The fourth-order valence-electron chi connectivity index (χ4n) is 5.74. The van der Waals surface area contributed by atoms with Gasteiger partial charge in [-0.15, -0.1) is 0 Å². The number of para-hydroxylation sites is 1. The third kappa shape index (κ3) is 7.21. The molecule has 0 aliphatic rings. The summed E-state index contributed by atoms with van der Waals surface area (Å²) in [7, 11) is 3.31. The van der Waals surface area contributed by atoms with Crippen molar-refractivity contribution < 1.29 is 19.0 Å². The maximum absolute atomic E-state index is 13.6. The van der Waals surface area contributed by atoms with Crippen LogP contribution in [0.15, 0.2) is 128 Å². The number of nitrogens with one attached hydrogen (secondary N) is 1. The molecule has 6 aromatic rings. The number of carbonyl (C=O) groups excluding carboxylic acids is 1. The number of nitrogens with zero attached hydrogens (tertiary/aromatic N) is 2. The van der Waals surface area contributed by atoms with Gasteiger partial charge in [0.1, 0.15) is 12.4 Å². The number of benzene rings is 4. The lowest BCUT2D eigenvalue weighted by atomic mass is 9.87. The molecule has 7 heteroatoms. The molecule has 0 saturated heterocycles. The maximum Gasteiger partial charge on any atom is 0.221 e. The summed E-state index contributed by atoms with van der Waals surface area (Å²) in [6, 6.07) is 36.3. The molecule has 1 amide bonds. The molecular formula is C39H37N3O4. The zero-order chi connectivity index (χ0) is 31.7. The van der Waals surface area contributed by atoms with Gasteiger partial charge in [-0.1, -0.05) is 66.7 Å². The van der Waals surface area contributed by atoms with Crippen molar-refractivity contribution in [2.75, 3.05) is 14.2 Å². The Hall–Kier alpha value is -5.56. The number of hydrogen-bond acceptors (Lipinski definition) is 5. The molecule has 6 rings (SSSR count). The smallest absolute Gasteiger partial charge is 0.221 e. The van der Waals surface area contributed by atoms with Crippen LogP contribution in [0, 0.1) is 0 Å². The number of aromatic nitrogens is 2. The van der Waals surface area contributed by atoms with Crippen LogP contribution in [0.3, 0.4) is 0 Å². The molecule has 4 aromatic carbocycles. The third-order valence-corrected chi connectivity index (χ3v) is 8.16. The van der Waals surface area contributed by atoms with Gasteiger partial charge in [-0.25, -0.2) is 0 Å². The second kappa shape index (κ2) is 14.5. The van der Waals surface area contributed by atoms with E-state index in [1.807, 2.05) is 78.9 Å². The molecule has 1 atom stereocenters. The summed E-state index contributed by atoms with van der Waals surface area (Å²) < 4.78 is 19.6. The first-order valence-corrected chi connectivity index (χ1v) is 15.3. The SMILES string of the molecule is COc1ccc(Cn2cc([C@@H](CC(=O)NCc3ccncc3)c3ccc(OC)c(OCc4ccccc4)c3)c3ccccc32)cc1. The van der Waals surface area contributed by atoms with Gasteiger partial charge >= 0.3 is 0 Å². The highest BCUT2D eigenvalue weighted by Crippen LogP contribution is 2.39. The van der Waals surface area contributed by atoms with Crippen LogP contribution in [-0.2, 0) is 24.5 Å². The van der Waals surface area contributed by atoms with Gasteiger partial charge in [0.15, 0.2) is 11.5 Å². The van der Waals surface area contributed by atoms with Crippen LogP contribution in [-0.4, -0.2) is 29.7 Å². The van der Waals surface area contributed by atoms with Gasteiger partial charge in [-0.2, -0.15) is 0 Å². The number of rotatable bonds is 13. The van der Waals surface area contributed by atoms with Crippen LogP contribution in [0.4, 0.5) is 0 Å². The number of fused-ring (bicyclic) bond motifs is 1. The van der Waals surface area contributed by atoms with Gasteiger partial charge in [0, 0.05) is 54.9 Å². The van der Waals surface area contributed by atoms with E-state index in [4.69, 9.17) is 14.2 Å². The molecule has 0 fully saturated rings. The molecule has 7 nitrogen and oxygen atoms in total. The molecule has 0 spiro atoms. The molecule has 0 unspecified atom stereocenters. The number of amides is 1. The zero-order valence-electron chi connectivity index (χ0n) is 26.1. The lowest BCUT2D eigenvalue weighted by molar-refractivity contribution is -0.121. The third-order valence-electron chi connectivity index (χ3n) is 8.16. The first kappa shape index (κ1) is 30.5. The minimum atomic E-state index is -0.246. The maximum atomic E-state index is 13.6. The summed E-state index contributed by atoms with van der Waals surface area (Å²) in [5.74, 6) is 1.81. The number of hydrogen-bond donors (Lipinski definition) is 1. The summed E-state index contributed by atoms with van der Waals surface area (Å²) in [6.45, 7) is 1.51. The second-order valence-electron chi connectivity index (χ2n) is 11.2. The van der Waals surface area contributed by atoms with Crippen LogP contribution >= 0.6 is 0 Å². The summed E-state index contributed by atoms with van der Waals surface area (Å²) in [4.78, 5) is 17.7. The van der Waals surface area contributed by atoms with Crippen molar-refractivity contribution in [1.29, 1.82) is 0 Å². The van der Waals surface area contributed by atoms with E-state index in [1.54, 1.807) is 26.6 Å². The molecule has 1 N–H and O–H groups in total. The van der Waals surface area contributed by atoms with Crippen LogP contribution in [0.5, 0.6) is 17.2 Å². The summed E-state index contributed by atoms with van der Waals surface area (Å²) >= 11 is 0. The largest absolute Gasteiger partial charge is 0.497 e. The van der Waals surface area contributed by atoms with Crippen LogP contribution in [0.1, 0.15) is 40.2 Å². The molecule has 0 bridgehead atoms. The molecule has 0 radical (unpaired) electrons. The molecule has 2 heterocycles. The average Bonchev–Trinajstić information content (AvgIpc) is 3.47. The van der Waals surface area contributed by atoms with E-state index in [-0.39, 0.29) is 18.2 Å². The Bertz CT molecular complexity index is 1890. The van der Waals surface area contributed by atoms with Gasteiger partial charge in [-0.05, 0) is 70.3 Å². The lowest BCUT2D eigenvalue weighted by Crippen LogP contribution is -2.25. The van der Waals surface area contributed by atoms with Crippen molar-refractivity contribution in [3.8, 4) is 17.2 Å². The fraction of sp³-hybridized carbons (Fsp3) is 0.179. The predicted molar refractivity (Wildman–Crippen MR) is 180 cm³/mol. The Morgan fingerprint density at radius 2 is 1.54 bits per heavy atom. The molecule has 0 aliphatic carbocycles. The van der Waals surface area contributed by atoms with Crippen LogP contribution in [0.2, 0.25) is 0 Å². The van der Waals surface area contributed by atoms with E-state index in [0.29, 0.717) is 31.2 Å². The fourth-order valence-corrected chi connectivity index (χ4v) is 5.74. The molecule has 46 heavy (non-hydrogen) atoms. The quantitative estimate of drug-likeness (QED) is 0.146. The molecule has 0 aliphatic heterocycles. The van der Waals surface area contributed by atoms with Gasteiger partial charge in [0.05, 0.1) is 14.2 Å². The van der Waals surface area contributed by atoms with E-state index in [1.165, 1.54) is 0 Å². The van der Waals surface area contributed by atoms with Gasteiger partial charge in [0.25, 0.3) is 0 Å². The van der Waals surface area contributed by atoms with Gasteiger partial charge < -0.3 is 24.1 Å². The summed E-state index contributed by atoms with van der Waals surface area (Å²) in [5.41, 5.74) is 6.35. The van der Waals surface area contributed by atoms with Gasteiger partial charge in [0.2, 0.25) is 5.91 Å². The number of pyridine rings is 1. The minimum absolute atomic E-state index is 0.0450. The number of ether oxygens (including phenoxy) is 3. The number of carbonyl (C=O) groups is 1. The topological polar surface area (TPSA) is 74.6 Å². The molecular weight excluding hydrogens is 574 g/mol. The van der Waals surface area contributed by atoms with Crippen molar-refractivity contribution in [1.82, 2.24) is 14.9 Å². The summed E-state index contributed by atoms with van der Waals surface area (Å²) in [6.07, 6.45) is 5.91. The van der Waals surface area contributed by atoms with Gasteiger partial charge in [-0.3, -0.25) is 9.78 Å². The van der Waals surface area contributed by atoms with E-state index in [9.17, 15) is 4.79 Å². The van der Waals surface area contributed by atoms with E-state index < -0.39 is 0 Å². The first-order chi connectivity index (χ1) is 22.6. The Labute approximate surface area is 269 Å². The van der Waals surface area contributed by atoms with Crippen molar-refractivity contribution in [3.05, 3.63) is 156 Å².